The summed E-state index contributed by atoms with van der Waals surface area (Å²) in [6.45, 7) is 5.20. The maximum atomic E-state index is 5.32. The predicted octanol–water partition coefficient (Wildman–Crippen LogP) is 2.37. The van der Waals surface area contributed by atoms with Crippen molar-refractivity contribution < 1.29 is 4.52 Å². The van der Waals surface area contributed by atoms with Crippen LogP contribution in [0.2, 0.25) is 0 Å². The van der Waals surface area contributed by atoms with Crippen molar-refractivity contribution in [3.05, 3.63) is 23.3 Å². The highest BCUT2D eigenvalue weighted by atomic mass is 32.1. The third-order valence-electron chi connectivity index (χ3n) is 4.13. The maximum Gasteiger partial charge on any atom is 0.268 e. The molecule has 108 valence electrons. The van der Waals surface area contributed by atoms with Gasteiger partial charge in [-0.15, -0.1) is 11.3 Å². The van der Waals surface area contributed by atoms with Crippen LogP contribution in [-0.2, 0) is 6.54 Å². The van der Waals surface area contributed by atoms with E-state index in [-0.39, 0.29) is 5.54 Å². The summed E-state index contributed by atoms with van der Waals surface area (Å²) < 4.78 is 5.32. The summed E-state index contributed by atoms with van der Waals surface area (Å²) in [6.07, 6.45) is 2.30. The summed E-state index contributed by atoms with van der Waals surface area (Å²) in [5, 5.41) is 9.51. The van der Waals surface area contributed by atoms with E-state index in [4.69, 9.17) is 4.52 Å². The van der Waals surface area contributed by atoms with Gasteiger partial charge < -0.3 is 9.84 Å². The number of hydrogen-bond acceptors (Lipinski definition) is 6. The van der Waals surface area contributed by atoms with Gasteiger partial charge in [-0.2, -0.15) is 4.98 Å². The summed E-state index contributed by atoms with van der Waals surface area (Å²) in [4.78, 5) is 7.90. The first-order valence-electron chi connectivity index (χ1n) is 6.96. The lowest BCUT2D eigenvalue weighted by molar-refractivity contribution is 0.142. The van der Waals surface area contributed by atoms with Crippen molar-refractivity contribution in [3.8, 4) is 10.8 Å². The molecule has 20 heavy (non-hydrogen) atoms. The standard InChI is InChI=1S/C14H20N4OS/c1-14(15-2)5-7-18(8-6-14)10-12-16-13(19-17-12)11-4-3-9-20-11/h3-4,9,15H,5-8,10H2,1-2H3. The number of hydrogen-bond donors (Lipinski definition) is 1. The highest BCUT2D eigenvalue weighted by Gasteiger charge is 2.28. The zero-order chi connectivity index (χ0) is 14.0. The van der Waals surface area contributed by atoms with Crippen LogP contribution in [0.5, 0.6) is 0 Å². The van der Waals surface area contributed by atoms with Gasteiger partial charge in [-0.05, 0) is 38.3 Å². The Morgan fingerprint density at radius 3 is 2.90 bits per heavy atom. The van der Waals surface area contributed by atoms with Crippen LogP contribution < -0.4 is 5.32 Å². The molecule has 0 spiro atoms. The lowest BCUT2D eigenvalue weighted by Gasteiger charge is -2.38. The number of nitrogens with zero attached hydrogens (tertiary/aromatic N) is 3. The van der Waals surface area contributed by atoms with E-state index in [1.54, 1.807) is 11.3 Å². The molecule has 0 amide bonds. The van der Waals surface area contributed by atoms with Crippen molar-refractivity contribution in [2.45, 2.75) is 31.8 Å². The molecule has 3 rings (SSSR count). The molecule has 1 fully saturated rings. The van der Waals surface area contributed by atoms with Gasteiger partial charge >= 0.3 is 0 Å². The minimum Gasteiger partial charge on any atom is -0.333 e. The van der Waals surface area contributed by atoms with Crippen molar-refractivity contribution in [3.63, 3.8) is 0 Å². The van der Waals surface area contributed by atoms with Crippen LogP contribution in [0.1, 0.15) is 25.6 Å². The van der Waals surface area contributed by atoms with Crippen molar-refractivity contribution in [1.29, 1.82) is 0 Å². The van der Waals surface area contributed by atoms with Gasteiger partial charge in [0, 0.05) is 18.6 Å². The smallest absolute Gasteiger partial charge is 0.268 e. The molecule has 0 saturated carbocycles. The second-order valence-electron chi connectivity index (χ2n) is 5.58. The lowest BCUT2D eigenvalue weighted by atomic mass is 9.90. The molecule has 5 nitrogen and oxygen atoms in total. The van der Waals surface area contributed by atoms with E-state index < -0.39 is 0 Å². The Morgan fingerprint density at radius 1 is 1.45 bits per heavy atom. The third kappa shape index (κ3) is 2.92. The minimum atomic E-state index is 0.274. The Bertz CT molecular complexity index is 543. The van der Waals surface area contributed by atoms with Crippen LogP contribution in [0.25, 0.3) is 10.8 Å². The number of nitrogens with one attached hydrogen (secondary N) is 1. The van der Waals surface area contributed by atoms with Gasteiger partial charge in [0.25, 0.3) is 5.89 Å². The Labute approximate surface area is 123 Å². The Morgan fingerprint density at radius 2 is 2.25 bits per heavy atom. The topological polar surface area (TPSA) is 54.2 Å². The first-order chi connectivity index (χ1) is 9.68. The van der Waals surface area contributed by atoms with Gasteiger partial charge in [-0.25, -0.2) is 0 Å². The van der Waals surface area contributed by atoms with Crippen molar-refractivity contribution in [1.82, 2.24) is 20.4 Å². The first kappa shape index (κ1) is 13.7. The molecule has 1 N–H and O–H groups in total. The summed E-state index contributed by atoms with van der Waals surface area (Å²) >= 11 is 1.62. The Balaban J connectivity index is 1.59. The zero-order valence-corrected chi connectivity index (χ0v) is 12.7. The third-order valence-corrected chi connectivity index (χ3v) is 4.99. The highest BCUT2D eigenvalue weighted by Crippen LogP contribution is 2.24. The normalized spacial score (nSPS) is 19.3. The lowest BCUT2D eigenvalue weighted by Crippen LogP contribution is -2.49. The number of piperidine rings is 1. The van der Waals surface area contributed by atoms with Crippen molar-refractivity contribution in [2.24, 2.45) is 0 Å². The van der Waals surface area contributed by atoms with Gasteiger partial charge in [-0.3, -0.25) is 4.90 Å². The van der Waals surface area contributed by atoms with Gasteiger partial charge in [-0.1, -0.05) is 11.2 Å². The molecule has 3 heterocycles. The Kier molecular flexibility index (Phi) is 3.87. The number of thiophene rings is 1. The maximum absolute atomic E-state index is 5.32. The SMILES string of the molecule is CNC1(C)CCN(Cc2noc(-c3cccs3)n2)CC1. The van der Waals surface area contributed by atoms with Gasteiger partial charge in [0.05, 0.1) is 11.4 Å². The van der Waals surface area contributed by atoms with E-state index in [0.717, 1.165) is 43.2 Å². The number of likely N-dealkylation sites (tertiary alicyclic amines) is 1. The van der Waals surface area contributed by atoms with E-state index in [1.165, 1.54) is 0 Å². The molecule has 2 aromatic rings. The minimum absolute atomic E-state index is 0.274. The fourth-order valence-corrected chi connectivity index (χ4v) is 3.12. The molecular weight excluding hydrogens is 272 g/mol. The van der Waals surface area contributed by atoms with E-state index >= 15 is 0 Å². The van der Waals surface area contributed by atoms with Crippen LogP contribution >= 0.6 is 11.3 Å². The molecule has 0 unspecified atom stereocenters. The largest absolute Gasteiger partial charge is 0.333 e. The Hall–Kier alpha value is -1.24. The van der Waals surface area contributed by atoms with Crippen LogP contribution in [-0.4, -0.2) is 40.7 Å². The predicted molar refractivity (Wildman–Crippen MR) is 79.6 cm³/mol. The van der Waals surface area contributed by atoms with Crippen LogP contribution in [0.15, 0.2) is 22.0 Å². The zero-order valence-electron chi connectivity index (χ0n) is 11.9. The summed E-state index contributed by atoms with van der Waals surface area (Å²) in [5.41, 5.74) is 0.274. The molecular formula is C14H20N4OS. The average molecular weight is 292 g/mol. The molecule has 0 aromatic carbocycles. The van der Waals surface area contributed by atoms with Gasteiger partial charge in [0.2, 0.25) is 0 Å². The first-order valence-corrected chi connectivity index (χ1v) is 7.84. The van der Waals surface area contributed by atoms with Crippen LogP contribution in [0.4, 0.5) is 0 Å². The second kappa shape index (κ2) is 5.63. The number of rotatable bonds is 4. The van der Waals surface area contributed by atoms with Gasteiger partial charge in [0.1, 0.15) is 0 Å². The molecule has 0 aliphatic carbocycles. The molecule has 6 heteroatoms. The fraction of sp³-hybridized carbons (Fsp3) is 0.571. The van der Waals surface area contributed by atoms with E-state index in [9.17, 15) is 0 Å². The molecule has 2 aromatic heterocycles. The van der Waals surface area contributed by atoms with Crippen molar-refractivity contribution in [2.75, 3.05) is 20.1 Å². The van der Waals surface area contributed by atoms with Crippen molar-refractivity contribution >= 4 is 11.3 Å². The monoisotopic (exact) mass is 292 g/mol. The van der Waals surface area contributed by atoms with E-state index in [0.29, 0.717) is 5.89 Å². The summed E-state index contributed by atoms with van der Waals surface area (Å²) in [6, 6.07) is 3.99. The molecule has 0 atom stereocenters. The molecule has 1 aliphatic rings. The average Bonchev–Trinajstić information content (AvgIpc) is 3.12. The molecule has 1 aliphatic heterocycles. The quantitative estimate of drug-likeness (QED) is 0.937. The van der Waals surface area contributed by atoms with E-state index in [1.807, 2.05) is 24.6 Å². The van der Waals surface area contributed by atoms with E-state index in [2.05, 4.69) is 27.3 Å². The molecule has 0 bridgehead atoms. The van der Waals surface area contributed by atoms with Gasteiger partial charge in [0.15, 0.2) is 5.82 Å². The second-order valence-corrected chi connectivity index (χ2v) is 6.53. The summed E-state index contributed by atoms with van der Waals surface area (Å²) in [7, 11) is 2.04. The highest BCUT2D eigenvalue weighted by molar-refractivity contribution is 7.13. The number of aromatic nitrogens is 2. The fourth-order valence-electron chi connectivity index (χ4n) is 2.47. The van der Waals surface area contributed by atoms with Crippen LogP contribution in [0.3, 0.4) is 0 Å². The van der Waals surface area contributed by atoms with Crippen LogP contribution in [0, 0.1) is 0 Å². The molecule has 0 radical (unpaired) electrons. The molecule has 1 saturated heterocycles. The summed E-state index contributed by atoms with van der Waals surface area (Å²) in [5.74, 6) is 1.41.